The van der Waals surface area contributed by atoms with E-state index in [0.29, 0.717) is 29.0 Å². The predicted octanol–water partition coefficient (Wildman–Crippen LogP) is 4.31. The van der Waals surface area contributed by atoms with Crippen LogP contribution in [0.5, 0.6) is 0 Å². The summed E-state index contributed by atoms with van der Waals surface area (Å²) < 4.78 is 5.96. The first-order valence-corrected chi connectivity index (χ1v) is 8.89. The monoisotopic (exact) mass is 331 g/mol. The lowest BCUT2D eigenvalue weighted by atomic mass is 9.75. The van der Waals surface area contributed by atoms with Crippen LogP contribution in [-0.2, 0) is 9.53 Å². The normalized spacial score (nSPS) is 24.0. The SMILES string of the molecule is CC(=O)c1ccc(NC(=O)CO[C@@H]2C[C@H](C)CC[C@H]2C(C)C)cc1. The fraction of sp³-hybridized carbons (Fsp3) is 0.600. The van der Waals surface area contributed by atoms with E-state index >= 15 is 0 Å². The van der Waals surface area contributed by atoms with Gasteiger partial charge >= 0.3 is 0 Å². The molecule has 0 unspecified atom stereocenters. The fourth-order valence-electron chi connectivity index (χ4n) is 3.47. The number of hydrogen-bond donors (Lipinski definition) is 1. The van der Waals surface area contributed by atoms with Crippen molar-refractivity contribution >= 4 is 17.4 Å². The molecular weight excluding hydrogens is 302 g/mol. The molecule has 4 heteroatoms. The number of ether oxygens (including phenoxy) is 1. The van der Waals surface area contributed by atoms with Gasteiger partial charge < -0.3 is 10.1 Å². The highest BCUT2D eigenvalue weighted by atomic mass is 16.5. The Hall–Kier alpha value is -1.68. The van der Waals surface area contributed by atoms with Crippen molar-refractivity contribution in [2.75, 3.05) is 11.9 Å². The molecule has 1 fully saturated rings. The molecule has 1 saturated carbocycles. The van der Waals surface area contributed by atoms with E-state index in [-0.39, 0.29) is 24.4 Å². The van der Waals surface area contributed by atoms with Crippen LogP contribution in [0.4, 0.5) is 5.69 Å². The number of carbonyl (C=O) groups is 2. The van der Waals surface area contributed by atoms with Crippen LogP contribution in [0.1, 0.15) is 57.3 Å². The zero-order valence-corrected chi connectivity index (χ0v) is 15.2. The van der Waals surface area contributed by atoms with Crippen molar-refractivity contribution in [2.45, 2.75) is 53.1 Å². The quantitative estimate of drug-likeness (QED) is 0.791. The lowest BCUT2D eigenvalue weighted by molar-refractivity contribution is -0.126. The average Bonchev–Trinajstić information content (AvgIpc) is 2.53. The molecule has 1 amide bonds. The Morgan fingerprint density at radius 1 is 1.21 bits per heavy atom. The van der Waals surface area contributed by atoms with Gasteiger partial charge in [-0.1, -0.05) is 27.2 Å². The van der Waals surface area contributed by atoms with Gasteiger partial charge in [0.15, 0.2) is 5.78 Å². The Morgan fingerprint density at radius 2 is 1.88 bits per heavy atom. The summed E-state index contributed by atoms with van der Waals surface area (Å²) in [6.07, 6.45) is 3.62. The van der Waals surface area contributed by atoms with Crippen molar-refractivity contribution in [3.8, 4) is 0 Å². The number of Topliss-reactive ketones (excluding diaryl/α,β-unsaturated/α-hetero) is 1. The molecule has 0 saturated heterocycles. The van der Waals surface area contributed by atoms with E-state index in [1.165, 1.54) is 19.8 Å². The number of hydrogen-bond acceptors (Lipinski definition) is 3. The Bertz CT molecular complexity index is 565. The van der Waals surface area contributed by atoms with Crippen molar-refractivity contribution < 1.29 is 14.3 Å². The maximum atomic E-state index is 12.1. The van der Waals surface area contributed by atoms with Gasteiger partial charge in [0.05, 0.1) is 6.10 Å². The topological polar surface area (TPSA) is 55.4 Å². The molecule has 2 rings (SSSR count). The number of carbonyl (C=O) groups excluding carboxylic acids is 2. The number of amides is 1. The Labute approximate surface area is 145 Å². The zero-order chi connectivity index (χ0) is 17.7. The number of nitrogens with one attached hydrogen (secondary N) is 1. The van der Waals surface area contributed by atoms with Gasteiger partial charge in [0.2, 0.25) is 5.91 Å². The lowest BCUT2D eigenvalue weighted by Gasteiger charge is -2.37. The van der Waals surface area contributed by atoms with Gasteiger partial charge in [-0.3, -0.25) is 9.59 Å². The smallest absolute Gasteiger partial charge is 0.250 e. The van der Waals surface area contributed by atoms with Crippen molar-refractivity contribution in [3.05, 3.63) is 29.8 Å². The predicted molar refractivity (Wildman–Crippen MR) is 96.2 cm³/mol. The van der Waals surface area contributed by atoms with E-state index in [1.807, 2.05) is 0 Å². The maximum absolute atomic E-state index is 12.1. The van der Waals surface area contributed by atoms with Crippen LogP contribution in [0.25, 0.3) is 0 Å². The largest absolute Gasteiger partial charge is 0.368 e. The second-order valence-electron chi connectivity index (χ2n) is 7.36. The number of anilines is 1. The van der Waals surface area contributed by atoms with Crippen LogP contribution in [-0.4, -0.2) is 24.4 Å². The third kappa shape index (κ3) is 5.17. The van der Waals surface area contributed by atoms with Crippen LogP contribution < -0.4 is 5.32 Å². The summed E-state index contributed by atoms with van der Waals surface area (Å²) in [5.41, 5.74) is 1.33. The minimum atomic E-state index is -0.147. The minimum absolute atomic E-state index is 0.0161. The van der Waals surface area contributed by atoms with Crippen molar-refractivity contribution in [3.63, 3.8) is 0 Å². The van der Waals surface area contributed by atoms with Crippen LogP contribution in [0, 0.1) is 17.8 Å². The van der Waals surface area contributed by atoms with Crippen molar-refractivity contribution in [1.82, 2.24) is 0 Å². The molecule has 24 heavy (non-hydrogen) atoms. The van der Waals surface area contributed by atoms with Crippen LogP contribution in [0.3, 0.4) is 0 Å². The third-order valence-electron chi connectivity index (χ3n) is 4.97. The second-order valence-corrected chi connectivity index (χ2v) is 7.36. The molecule has 1 aromatic carbocycles. The van der Waals surface area contributed by atoms with E-state index in [2.05, 4.69) is 26.1 Å². The van der Waals surface area contributed by atoms with E-state index in [1.54, 1.807) is 24.3 Å². The van der Waals surface area contributed by atoms with Gasteiger partial charge in [0.1, 0.15) is 6.61 Å². The molecule has 0 radical (unpaired) electrons. The molecule has 1 aromatic rings. The fourth-order valence-corrected chi connectivity index (χ4v) is 3.47. The number of ketones is 1. The molecule has 1 aliphatic rings. The van der Waals surface area contributed by atoms with Gasteiger partial charge in [0, 0.05) is 11.3 Å². The van der Waals surface area contributed by atoms with Crippen LogP contribution in [0.2, 0.25) is 0 Å². The van der Waals surface area contributed by atoms with E-state index < -0.39 is 0 Å². The van der Waals surface area contributed by atoms with Crippen LogP contribution >= 0.6 is 0 Å². The molecule has 1 aliphatic carbocycles. The van der Waals surface area contributed by atoms with Crippen molar-refractivity contribution in [1.29, 1.82) is 0 Å². The standard InChI is InChI=1S/C20H29NO3/c1-13(2)18-10-5-14(3)11-19(18)24-12-20(23)21-17-8-6-16(7-9-17)15(4)22/h6-9,13-14,18-19H,5,10-12H2,1-4H3,(H,21,23)/t14-,18+,19-/m1/s1. The molecular formula is C20H29NO3. The first-order valence-electron chi connectivity index (χ1n) is 8.89. The zero-order valence-electron chi connectivity index (χ0n) is 15.2. The lowest BCUT2D eigenvalue weighted by Crippen LogP contribution is -2.36. The summed E-state index contributed by atoms with van der Waals surface area (Å²) in [7, 11) is 0. The Kier molecular flexibility index (Phi) is 6.55. The van der Waals surface area contributed by atoms with Crippen LogP contribution in [0.15, 0.2) is 24.3 Å². The summed E-state index contributed by atoms with van der Waals surface area (Å²) in [5, 5.41) is 2.83. The minimum Gasteiger partial charge on any atom is -0.368 e. The molecule has 0 aliphatic heterocycles. The summed E-state index contributed by atoms with van der Waals surface area (Å²) in [4.78, 5) is 23.4. The first kappa shape index (κ1) is 18.7. The molecule has 4 nitrogen and oxygen atoms in total. The van der Waals surface area contributed by atoms with E-state index in [0.717, 1.165) is 6.42 Å². The molecule has 0 spiro atoms. The summed E-state index contributed by atoms with van der Waals surface area (Å²) in [6.45, 7) is 8.32. The Balaban J connectivity index is 1.86. The Morgan fingerprint density at radius 3 is 2.46 bits per heavy atom. The molecule has 132 valence electrons. The molecule has 0 heterocycles. The highest BCUT2D eigenvalue weighted by Crippen LogP contribution is 2.35. The molecule has 3 atom stereocenters. The molecule has 1 N–H and O–H groups in total. The number of rotatable bonds is 6. The van der Waals surface area contributed by atoms with Gasteiger partial charge in [0.25, 0.3) is 0 Å². The molecule has 0 aromatic heterocycles. The van der Waals surface area contributed by atoms with Gasteiger partial charge in [-0.15, -0.1) is 0 Å². The van der Waals surface area contributed by atoms with Gasteiger partial charge in [-0.05, 0) is 61.8 Å². The molecule has 0 bridgehead atoms. The van der Waals surface area contributed by atoms with E-state index in [4.69, 9.17) is 4.74 Å². The van der Waals surface area contributed by atoms with Gasteiger partial charge in [-0.2, -0.15) is 0 Å². The summed E-state index contributed by atoms with van der Waals surface area (Å²) >= 11 is 0. The summed E-state index contributed by atoms with van der Waals surface area (Å²) in [5.74, 6) is 1.63. The highest BCUT2D eigenvalue weighted by Gasteiger charge is 2.31. The summed E-state index contributed by atoms with van der Waals surface area (Å²) in [6, 6.07) is 6.93. The van der Waals surface area contributed by atoms with E-state index in [9.17, 15) is 9.59 Å². The highest BCUT2D eigenvalue weighted by molar-refractivity contribution is 5.95. The average molecular weight is 331 g/mol. The maximum Gasteiger partial charge on any atom is 0.250 e. The number of benzene rings is 1. The van der Waals surface area contributed by atoms with Gasteiger partial charge in [-0.25, -0.2) is 0 Å². The third-order valence-corrected chi connectivity index (χ3v) is 4.97. The second kappa shape index (κ2) is 8.43. The van der Waals surface area contributed by atoms with Crippen molar-refractivity contribution in [2.24, 2.45) is 17.8 Å². The first-order chi connectivity index (χ1) is 11.4.